The molecular weight excluding hydrogens is 312 g/mol. The molecule has 0 aliphatic rings. The summed E-state index contributed by atoms with van der Waals surface area (Å²) in [5.74, 6) is 0. The first-order chi connectivity index (χ1) is 9.66. The number of anilines is 1. The van der Waals surface area contributed by atoms with Crippen LogP contribution in [-0.2, 0) is 0 Å². The number of allylic oxidation sites excluding steroid dienone is 1. The Bertz CT molecular complexity index is 566. The molecule has 2 aromatic rings. The second-order valence-corrected chi connectivity index (χ2v) is 5.81. The van der Waals surface area contributed by atoms with Crippen molar-refractivity contribution in [2.45, 2.75) is 25.8 Å². The summed E-state index contributed by atoms with van der Waals surface area (Å²) >= 11 is 3.59. The van der Waals surface area contributed by atoms with Crippen LogP contribution in [0.4, 0.5) is 5.69 Å². The molecule has 0 aliphatic carbocycles. The third-order valence-corrected chi connectivity index (χ3v) is 3.82. The van der Waals surface area contributed by atoms with E-state index in [-0.39, 0.29) is 6.04 Å². The molecule has 2 rings (SSSR count). The number of halogens is 1. The van der Waals surface area contributed by atoms with E-state index in [1.807, 2.05) is 30.6 Å². The summed E-state index contributed by atoms with van der Waals surface area (Å²) in [5.41, 5.74) is 3.56. The van der Waals surface area contributed by atoms with Gasteiger partial charge in [0.05, 0.1) is 6.04 Å². The van der Waals surface area contributed by atoms with Gasteiger partial charge in [-0.15, -0.1) is 6.58 Å². The molecule has 20 heavy (non-hydrogen) atoms. The number of nitrogens with zero attached hydrogens (tertiary/aromatic N) is 1. The third-order valence-electron chi connectivity index (χ3n) is 3.15. The van der Waals surface area contributed by atoms with Crippen LogP contribution in [0.5, 0.6) is 0 Å². The lowest BCUT2D eigenvalue weighted by atomic mass is 10.0. The van der Waals surface area contributed by atoms with Crippen LogP contribution in [0.25, 0.3) is 0 Å². The zero-order valence-corrected chi connectivity index (χ0v) is 13.2. The highest BCUT2D eigenvalue weighted by Crippen LogP contribution is 2.29. The normalized spacial score (nSPS) is 11.9. The van der Waals surface area contributed by atoms with Gasteiger partial charge in [-0.05, 0) is 59.5 Å². The van der Waals surface area contributed by atoms with Crippen molar-refractivity contribution in [3.05, 3.63) is 71.0 Å². The summed E-state index contributed by atoms with van der Waals surface area (Å²) in [6, 6.07) is 12.6. The minimum atomic E-state index is 0.242. The Morgan fingerprint density at radius 1 is 1.30 bits per heavy atom. The lowest BCUT2D eigenvalue weighted by Gasteiger charge is -2.21. The van der Waals surface area contributed by atoms with Crippen LogP contribution in [-0.4, -0.2) is 4.98 Å². The fraction of sp³-hybridized carbons (Fsp3) is 0.235. The second kappa shape index (κ2) is 7.25. The largest absolute Gasteiger partial charge is 0.378 e. The molecule has 1 atom stereocenters. The smallest absolute Gasteiger partial charge is 0.0529 e. The SMILES string of the molecule is C=C(C)CC[C@H](Nc1ccccc1)c1ccncc1Br. The van der Waals surface area contributed by atoms with Crippen molar-refractivity contribution in [1.82, 2.24) is 4.98 Å². The van der Waals surface area contributed by atoms with Crippen LogP contribution in [0.1, 0.15) is 31.4 Å². The molecule has 1 aromatic carbocycles. The van der Waals surface area contributed by atoms with E-state index in [9.17, 15) is 0 Å². The maximum atomic E-state index is 4.14. The van der Waals surface area contributed by atoms with Gasteiger partial charge in [-0.2, -0.15) is 0 Å². The van der Waals surface area contributed by atoms with Gasteiger partial charge >= 0.3 is 0 Å². The van der Waals surface area contributed by atoms with Crippen molar-refractivity contribution in [3.63, 3.8) is 0 Å². The molecule has 1 heterocycles. The monoisotopic (exact) mass is 330 g/mol. The van der Waals surface area contributed by atoms with E-state index in [1.165, 1.54) is 11.1 Å². The number of hydrogen-bond donors (Lipinski definition) is 1. The minimum Gasteiger partial charge on any atom is -0.378 e. The number of pyridine rings is 1. The fourth-order valence-corrected chi connectivity index (χ4v) is 2.63. The van der Waals surface area contributed by atoms with Gasteiger partial charge in [-0.25, -0.2) is 0 Å². The lowest BCUT2D eigenvalue weighted by molar-refractivity contribution is 0.686. The van der Waals surface area contributed by atoms with E-state index in [1.54, 1.807) is 0 Å². The second-order valence-electron chi connectivity index (χ2n) is 4.96. The molecule has 0 amide bonds. The van der Waals surface area contributed by atoms with Gasteiger partial charge in [-0.1, -0.05) is 23.8 Å². The maximum Gasteiger partial charge on any atom is 0.0529 e. The minimum absolute atomic E-state index is 0.242. The van der Waals surface area contributed by atoms with E-state index in [2.05, 4.69) is 57.9 Å². The highest BCUT2D eigenvalue weighted by atomic mass is 79.9. The van der Waals surface area contributed by atoms with Crippen molar-refractivity contribution in [3.8, 4) is 0 Å². The van der Waals surface area contributed by atoms with E-state index >= 15 is 0 Å². The van der Waals surface area contributed by atoms with E-state index in [4.69, 9.17) is 0 Å². The zero-order chi connectivity index (χ0) is 14.4. The standard InChI is InChI=1S/C17H19BrN2/c1-13(2)8-9-17(15-10-11-19-12-16(15)18)20-14-6-4-3-5-7-14/h3-7,10-12,17,20H,1,8-9H2,2H3/t17-/m0/s1. The Hall–Kier alpha value is -1.61. The molecule has 0 spiro atoms. The quantitative estimate of drug-likeness (QED) is 0.722. The van der Waals surface area contributed by atoms with E-state index in [0.717, 1.165) is 23.0 Å². The number of rotatable bonds is 6. The first kappa shape index (κ1) is 14.8. The Morgan fingerprint density at radius 2 is 2.05 bits per heavy atom. The van der Waals surface area contributed by atoms with Crippen LogP contribution in [0, 0.1) is 0 Å². The van der Waals surface area contributed by atoms with Gasteiger partial charge in [0, 0.05) is 22.6 Å². The molecule has 104 valence electrons. The van der Waals surface area contributed by atoms with Gasteiger partial charge in [0.2, 0.25) is 0 Å². The summed E-state index contributed by atoms with van der Waals surface area (Å²) in [4.78, 5) is 4.14. The van der Waals surface area contributed by atoms with Crippen LogP contribution in [0.15, 0.2) is 65.4 Å². The van der Waals surface area contributed by atoms with Crippen molar-refractivity contribution in [2.75, 3.05) is 5.32 Å². The first-order valence-electron chi connectivity index (χ1n) is 6.72. The van der Waals surface area contributed by atoms with Crippen LogP contribution in [0.3, 0.4) is 0 Å². The first-order valence-corrected chi connectivity index (χ1v) is 7.51. The predicted molar refractivity (Wildman–Crippen MR) is 88.8 cm³/mol. The summed E-state index contributed by atoms with van der Waals surface area (Å²) < 4.78 is 1.04. The van der Waals surface area contributed by atoms with Crippen LogP contribution < -0.4 is 5.32 Å². The van der Waals surface area contributed by atoms with Gasteiger partial charge in [0.15, 0.2) is 0 Å². The zero-order valence-electron chi connectivity index (χ0n) is 11.6. The summed E-state index contributed by atoms with van der Waals surface area (Å²) in [6.45, 7) is 6.07. The van der Waals surface area contributed by atoms with Crippen molar-refractivity contribution in [1.29, 1.82) is 0 Å². The molecule has 0 aliphatic heterocycles. The van der Waals surface area contributed by atoms with Crippen LogP contribution in [0.2, 0.25) is 0 Å². The molecule has 0 saturated heterocycles. The molecule has 0 unspecified atom stereocenters. The van der Waals surface area contributed by atoms with Gasteiger partial charge in [0.1, 0.15) is 0 Å². The highest BCUT2D eigenvalue weighted by Gasteiger charge is 2.14. The Kier molecular flexibility index (Phi) is 5.36. The number of nitrogens with one attached hydrogen (secondary N) is 1. The highest BCUT2D eigenvalue weighted by molar-refractivity contribution is 9.10. The van der Waals surface area contributed by atoms with Crippen molar-refractivity contribution < 1.29 is 0 Å². The summed E-state index contributed by atoms with van der Waals surface area (Å²) in [6.07, 6.45) is 5.68. The number of hydrogen-bond acceptors (Lipinski definition) is 2. The van der Waals surface area contributed by atoms with Crippen molar-refractivity contribution in [2.24, 2.45) is 0 Å². The maximum absolute atomic E-state index is 4.14. The Labute approximate surface area is 129 Å². The van der Waals surface area contributed by atoms with Gasteiger partial charge < -0.3 is 5.32 Å². The van der Waals surface area contributed by atoms with Crippen LogP contribution >= 0.6 is 15.9 Å². The molecule has 0 saturated carbocycles. The van der Waals surface area contributed by atoms with E-state index in [0.29, 0.717) is 0 Å². The summed E-state index contributed by atoms with van der Waals surface area (Å²) in [7, 11) is 0. The molecule has 0 bridgehead atoms. The predicted octanol–water partition coefficient (Wildman–Crippen LogP) is 5.35. The summed E-state index contributed by atoms with van der Waals surface area (Å²) in [5, 5.41) is 3.59. The molecule has 0 radical (unpaired) electrons. The Balaban J connectivity index is 2.20. The molecule has 3 heteroatoms. The van der Waals surface area contributed by atoms with Crippen molar-refractivity contribution >= 4 is 21.6 Å². The average molecular weight is 331 g/mol. The molecule has 2 nitrogen and oxygen atoms in total. The fourth-order valence-electron chi connectivity index (χ4n) is 2.10. The molecule has 1 aromatic heterocycles. The number of aromatic nitrogens is 1. The molecule has 1 N–H and O–H groups in total. The molecular formula is C17H19BrN2. The number of benzene rings is 1. The van der Waals surface area contributed by atoms with E-state index < -0.39 is 0 Å². The topological polar surface area (TPSA) is 24.9 Å². The number of para-hydroxylation sites is 1. The third kappa shape index (κ3) is 4.20. The van der Waals surface area contributed by atoms with Gasteiger partial charge in [-0.3, -0.25) is 4.98 Å². The lowest BCUT2D eigenvalue weighted by Crippen LogP contribution is -2.11. The molecule has 0 fully saturated rings. The Morgan fingerprint density at radius 3 is 2.70 bits per heavy atom. The average Bonchev–Trinajstić information content (AvgIpc) is 2.45. The van der Waals surface area contributed by atoms with Gasteiger partial charge in [0.25, 0.3) is 0 Å².